The molecule has 30 heavy (non-hydrogen) atoms. The molecule has 3 aromatic heterocycles. The van der Waals surface area contributed by atoms with E-state index in [4.69, 9.17) is 4.42 Å². The van der Waals surface area contributed by atoms with Crippen LogP contribution < -0.4 is 10.3 Å². The molecule has 0 radical (unpaired) electrons. The molecule has 0 saturated heterocycles. The average Bonchev–Trinajstić information content (AvgIpc) is 3.21. The van der Waals surface area contributed by atoms with Gasteiger partial charge in [0.2, 0.25) is 5.76 Å². The van der Waals surface area contributed by atoms with Gasteiger partial charge >= 0.3 is 0 Å². The van der Waals surface area contributed by atoms with Crippen molar-refractivity contribution in [2.24, 2.45) is 0 Å². The number of carbonyl (C=O) groups is 1. The van der Waals surface area contributed by atoms with Gasteiger partial charge in [-0.2, -0.15) is 0 Å². The summed E-state index contributed by atoms with van der Waals surface area (Å²) in [7, 11) is 0. The van der Waals surface area contributed by atoms with Crippen LogP contribution in [0.25, 0.3) is 11.0 Å². The fourth-order valence-electron chi connectivity index (χ4n) is 3.80. The van der Waals surface area contributed by atoms with Crippen LogP contribution in [0.15, 0.2) is 45.7 Å². The van der Waals surface area contributed by atoms with Gasteiger partial charge in [0.25, 0.3) is 5.91 Å². The summed E-state index contributed by atoms with van der Waals surface area (Å²) < 4.78 is 6.03. The first-order chi connectivity index (χ1) is 14.4. The Labute approximate surface area is 176 Å². The highest BCUT2D eigenvalue weighted by Gasteiger charge is 2.45. The summed E-state index contributed by atoms with van der Waals surface area (Å²) in [6.07, 6.45) is 1.66. The topological polar surface area (TPSA) is 76.3 Å². The Balaban J connectivity index is 1.84. The van der Waals surface area contributed by atoms with Gasteiger partial charge in [-0.1, -0.05) is 6.07 Å². The zero-order valence-corrected chi connectivity index (χ0v) is 17.8. The highest BCUT2D eigenvalue weighted by Crippen LogP contribution is 2.42. The third-order valence-electron chi connectivity index (χ3n) is 5.68. The van der Waals surface area contributed by atoms with Crippen molar-refractivity contribution in [3.05, 3.63) is 85.5 Å². The Kier molecular flexibility index (Phi) is 4.11. The van der Waals surface area contributed by atoms with Gasteiger partial charge in [0.15, 0.2) is 10.6 Å². The Morgan fingerprint density at radius 1 is 1.07 bits per heavy atom. The van der Waals surface area contributed by atoms with E-state index in [9.17, 15) is 9.59 Å². The lowest BCUT2D eigenvalue weighted by Gasteiger charge is -2.21. The second-order valence-corrected chi connectivity index (χ2v) is 8.76. The van der Waals surface area contributed by atoms with Crippen molar-refractivity contribution in [2.45, 2.75) is 33.7 Å². The first-order valence-electron chi connectivity index (χ1n) is 9.63. The molecule has 0 aliphatic carbocycles. The largest absolute Gasteiger partial charge is 0.450 e. The van der Waals surface area contributed by atoms with Crippen LogP contribution in [-0.2, 0) is 0 Å². The number of benzene rings is 1. The number of pyridine rings is 1. The lowest BCUT2D eigenvalue weighted by atomic mass is 10.0. The summed E-state index contributed by atoms with van der Waals surface area (Å²) in [6.45, 7) is 7.77. The van der Waals surface area contributed by atoms with E-state index in [0.717, 1.165) is 21.7 Å². The number of hydrogen-bond acceptors (Lipinski definition) is 6. The van der Waals surface area contributed by atoms with Crippen molar-refractivity contribution in [2.75, 3.05) is 4.90 Å². The molecule has 0 fully saturated rings. The monoisotopic (exact) mass is 417 g/mol. The number of fused-ring (bicyclic) bond motifs is 2. The molecule has 5 rings (SSSR count). The van der Waals surface area contributed by atoms with Crippen LogP contribution in [0.5, 0.6) is 0 Å². The van der Waals surface area contributed by atoms with Crippen LogP contribution in [-0.4, -0.2) is 15.9 Å². The van der Waals surface area contributed by atoms with E-state index in [1.165, 1.54) is 11.3 Å². The molecule has 1 aromatic carbocycles. The predicted octanol–water partition coefficient (Wildman–Crippen LogP) is 4.63. The number of aryl methyl sites for hydroxylation is 4. The molecule has 150 valence electrons. The van der Waals surface area contributed by atoms with Crippen LogP contribution in [0, 0.1) is 27.7 Å². The van der Waals surface area contributed by atoms with E-state index in [0.29, 0.717) is 27.4 Å². The highest BCUT2D eigenvalue weighted by molar-refractivity contribution is 7.15. The molecule has 0 spiro atoms. The minimum absolute atomic E-state index is 0.0666. The summed E-state index contributed by atoms with van der Waals surface area (Å²) in [5, 5.41) is 1.01. The molecule has 7 heteroatoms. The van der Waals surface area contributed by atoms with Crippen LogP contribution >= 0.6 is 11.3 Å². The molecule has 6 nitrogen and oxygen atoms in total. The highest BCUT2D eigenvalue weighted by atomic mass is 32.1. The van der Waals surface area contributed by atoms with E-state index < -0.39 is 6.04 Å². The summed E-state index contributed by atoms with van der Waals surface area (Å²) in [5.74, 6) is -0.302. The Morgan fingerprint density at radius 2 is 1.83 bits per heavy atom. The molecular weight excluding hydrogens is 398 g/mol. The van der Waals surface area contributed by atoms with Crippen molar-refractivity contribution in [3.63, 3.8) is 0 Å². The predicted molar refractivity (Wildman–Crippen MR) is 116 cm³/mol. The Hall–Kier alpha value is -3.32. The van der Waals surface area contributed by atoms with Gasteiger partial charge in [-0.3, -0.25) is 19.5 Å². The van der Waals surface area contributed by atoms with Crippen LogP contribution in [0.1, 0.15) is 49.6 Å². The number of carbonyl (C=O) groups excluding carboxylic acids is 1. The van der Waals surface area contributed by atoms with E-state index in [1.54, 1.807) is 17.2 Å². The molecular formula is C23H19N3O3S. The molecule has 1 aliphatic rings. The quantitative estimate of drug-likeness (QED) is 0.475. The van der Waals surface area contributed by atoms with Crippen LogP contribution in [0.2, 0.25) is 0 Å². The molecule has 1 aliphatic heterocycles. The number of hydrogen-bond donors (Lipinski definition) is 0. The minimum Gasteiger partial charge on any atom is -0.450 e. The zero-order chi connectivity index (χ0) is 21.2. The third kappa shape index (κ3) is 2.62. The molecule has 1 amide bonds. The lowest BCUT2D eigenvalue weighted by molar-refractivity contribution is 0.0970. The molecule has 4 heterocycles. The first kappa shape index (κ1) is 18.7. The summed E-state index contributed by atoms with van der Waals surface area (Å²) in [6, 6.07) is 8.43. The average molecular weight is 417 g/mol. The fraction of sp³-hybridized carbons (Fsp3) is 0.217. The minimum atomic E-state index is -0.680. The van der Waals surface area contributed by atoms with Gasteiger partial charge in [-0.15, -0.1) is 11.3 Å². The first-order valence-corrected chi connectivity index (χ1v) is 10.4. The van der Waals surface area contributed by atoms with E-state index >= 15 is 0 Å². The fourth-order valence-corrected chi connectivity index (χ4v) is 4.74. The van der Waals surface area contributed by atoms with Gasteiger partial charge in [0.05, 0.1) is 22.3 Å². The normalized spacial score (nSPS) is 15.8. The maximum absolute atomic E-state index is 13.6. The van der Waals surface area contributed by atoms with Crippen LogP contribution in [0.4, 0.5) is 5.13 Å². The van der Waals surface area contributed by atoms with Crippen molar-refractivity contribution in [3.8, 4) is 0 Å². The van der Waals surface area contributed by atoms with Crippen LogP contribution in [0.3, 0.4) is 0 Å². The maximum Gasteiger partial charge on any atom is 0.297 e. The van der Waals surface area contributed by atoms with Gasteiger partial charge < -0.3 is 4.42 Å². The van der Waals surface area contributed by atoms with E-state index in [1.807, 2.05) is 52.0 Å². The molecule has 0 saturated carbocycles. The number of anilines is 1. The van der Waals surface area contributed by atoms with Crippen molar-refractivity contribution >= 4 is 33.3 Å². The number of thiazole rings is 1. The van der Waals surface area contributed by atoms with Gasteiger partial charge in [-0.05, 0) is 63.1 Å². The molecule has 1 unspecified atom stereocenters. The number of aromatic nitrogens is 2. The summed E-state index contributed by atoms with van der Waals surface area (Å²) in [5.41, 5.74) is 3.99. The standard InChI is InChI=1S/C23H19N3O3S/c1-11-9-15-17(10-12(11)2)29-21-18(20(15)27)19(16-7-5-6-8-24-16)26(22(21)28)23-25-13(3)14(4)30-23/h5-10,19H,1-4H3. The number of amides is 1. The SMILES string of the molecule is Cc1cc2oc3c(c(=O)c2cc1C)C(c1ccccn1)N(c1nc(C)c(C)s1)C3=O. The summed E-state index contributed by atoms with van der Waals surface area (Å²) in [4.78, 5) is 38.7. The van der Waals surface area contributed by atoms with Crippen molar-refractivity contribution in [1.82, 2.24) is 9.97 Å². The maximum atomic E-state index is 13.6. The van der Waals surface area contributed by atoms with Crippen molar-refractivity contribution < 1.29 is 9.21 Å². The van der Waals surface area contributed by atoms with Gasteiger partial charge in [0, 0.05) is 11.1 Å². The second-order valence-electron chi connectivity index (χ2n) is 7.58. The molecule has 0 N–H and O–H groups in total. The smallest absolute Gasteiger partial charge is 0.297 e. The molecule has 0 bridgehead atoms. The third-order valence-corrected chi connectivity index (χ3v) is 6.75. The van der Waals surface area contributed by atoms with Gasteiger partial charge in [0.1, 0.15) is 11.6 Å². The lowest BCUT2D eigenvalue weighted by Crippen LogP contribution is -2.30. The Morgan fingerprint density at radius 3 is 2.50 bits per heavy atom. The van der Waals surface area contributed by atoms with E-state index in [2.05, 4.69) is 9.97 Å². The van der Waals surface area contributed by atoms with Crippen molar-refractivity contribution in [1.29, 1.82) is 0 Å². The van der Waals surface area contributed by atoms with Gasteiger partial charge in [-0.25, -0.2) is 4.98 Å². The Bertz CT molecular complexity index is 1370. The second kappa shape index (κ2) is 6.60. The number of rotatable bonds is 2. The number of nitrogens with zero attached hydrogens (tertiary/aromatic N) is 3. The molecule has 4 aromatic rings. The zero-order valence-electron chi connectivity index (χ0n) is 17.0. The summed E-state index contributed by atoms with van der Waals surface area (Å²) >= 11 is 1.42. The molecule has 1 atom stereocenters. The van der Waals surface area contributed by atoms with E-state index in [-0.39, 0.29) is 17.1 Å².